The number of fused-ring (bicyclic) bond motifs is 1. The highest BCUT2D eigenvalue weighted by Crippen LogP contribution is 2.22. The van der Waals surface area contributed by atoms with Crippen LogP contribution in [0.3, 0.4) is 0 Å². The Balaban J connectivity index is 1.56. The van der Waals surface area contributed by atoms with Crippen molar-refractivity contribution >= 4 is 28.3 Å². The molecule has 0 radical (unpaired) electrons. The van der Waals surface area contributed by atoms with Gasteiger partial charge in [0.25, 0.3) is 5.56 Å². The van der Waals surface area contributed by atoms with E-state index in [1.165, 1.54) is 22.1 Å². The molecule has 1 amide bonds. The molecule has 28 heavy (non-hydrogen) atoms. The highest BCUT2D eigenvalue weighted by molar-refractivity contribution is 7.13. The Morgan fingerprint density at radius 2 is 2.00 bits per heavy atom. The third kappa shape index (κ3) is 3.34. The van der Waals surface area contributed by atoms with Crippen molar-refractivity contribution in [1.82, 2.24) is 25.1 Å². The van der Waals surface area contributed by atoms with E-state index in [4.69, 9.17) is 0 Å². The number of nitrogens with zero attached hydrogens (tertiary/aromatic N) is 3. The molecule has 0 saturated carbocycles. The van der Waals surface area contributed by atoms with Gasteiger partial charge in [-0.2, -0.15) is 5.10 Å². The fourth-order valence-corrected chi connectivity index (χ4v) is 3.62. The molecule has 0 aliphatic carbocycles. The molecule has 2 N–H and O–H groups in total. The second-order valence-electron chi connectivity index (χ2n) is 6.89. The number of aromatic amines is 1. The molecule has 7 nitrogen and oxygen atoms in total. The van der Waals surface area contributed by atoms with Gasteiger partial charge in [-0.3, -0.25) is 9.59 Å². The van der Waals surface area contributed by atoms with Crippen molar-refractivity contribution in [3.05, 3.63) is 70.1 Å². The van der Waals surface area contributed by atoms with E-state index < -0.39 is 5.54 Å². The van der Waals surface area contributed by atoms with Crippen molar-refractivity contribution in [1.29, 1.82) is 0 Å². The van der Waals surface area contributed by atoms with Gasteiger partial charge in [-0.1, -0.05) is 18.2 Å². The number of hydrogen-bond acceptors (Lipinski definition) is 5. The zero-order valence-corrected chi connectivity index (χ0v) is 16.3. The molecule has 1 aromatic carbocycles. The smallest absolute Gasteiger partial charge is 0.267 e. The molecule has 4 aromatic rings. The van der Waals surface area contributed by atoms with Gasteiger partial charge >= 0.3 is 0 Å². The van der Waals surface area contributed by atoms with Crippen molar-refractivity contribution < 1.29 is 4.79 Å². The minimum atomic E-state index is -1.16. The largest absolute Gasteiger partial charge is 0.347 e. The van der Waals surface area contributed by atoms with Crippen molar-refractivity contribution in [2.75, 3.05) is 0 Å². The number of para-hydroxylation sites is 2. The summed E-state index contributed by atoms with van der Waals surface area (Å²) in [5.41, 5.74) is 0.924. The highest BCUT2D eigenvalue weighted by atomic mass is 32.1. The summed E-state index contributed by atoms with van der Waals surface area (Å²) in [6, 6.07) is 14.6. The molecule has 0 spiro atoms. The van der Waals surface area contributed by atoms with Gasteiger partial charge in [-0.25, -0.2) is 9.67 Å². The van der Waals surface area contributed by atoms with E-state index in [1.807, 2.05) is 41.8 Å². The van der Waals surface area contributed by atoms with E-state index in [2.05, 4.69) is 20.4 Å². The van der Waals surface area contributed by atoms with Crippen LogP contribution in [0.1, 0.15) is 19.7 Å². The maximum Gasteiger partial charge on any atom is 0.267 e. The van der Waals surface area contributed by atoms with Gasteiger partial charge in [0.05, 0.1) is 22.5 Å². The first-order valence-corrected chi connectivity index (χ1v) is 9.70. The van der Waals surface area contributed by atoms with Gasteiger partial charge in [-0.15, -0.1) is 11.3 Å². The Morgan fingerprint density at radius 1 is 1.18 bits per heavy atom. The van der Waals surface area contributed by atoms with E-state index in [-0.39, 0.29) is 18.0 Å². The second-order valence-corrected chi connectivity index (χ2v) is 7.84. The molecular weight excluding hydrogens is 374 g/mol. The van der Waals surface area contributed by atoms with E-state index in [0.717, 1.165) is 15.9 Å². The lowest BCUT2D eigenvalue weighted by molar-refractivity contribution is -0.129. The number of rotatable bonds is 5. The van der Waals surface area contributed by atoms with E-state index in [9.17, 15) is 9.59 Å². The third-order valence-corrected chi connectivity index (χ3v) is 5.41. The Kier molecular flexibility index (Phi) is 4.56. The number of H-pyrrole nitrogens is 1. The van der Waals surface area contributed by atoms with Crippen LogP contribution in [0.15, 0.2) is 58.7 Å². The molecule has 0 bridgehead atoms. The van der Waals surface area contributed by atoms with Crippen molar-refractivity contribution in [2.45, 2.75) is 25.9 Å². The lowest BCUT2D eigenvalue weighted by Crippen LogP contribution is -2.49. The van der Waals surface area contributed by atoms with E-state index in [1.54, 1.807) is 19.9 Å². The Labute approximate surface area is 165 Å². The second kappa shape index (κ2) is 7.05. The van der Waals surface area contributed by atoms with Crippen LogP contribution in [-0.4, -0.2) is 25.7 Å². The molecule has 0 atom stereocenters. The van der Waals surface area contributed by atoms with Crippen LogP contribution in [0.5, 0.6) is 0 Å². The minimum absolute atomic E-state index is 0.232. The van der Waals surface area contributed by atoms with Crippen LogP contribution in [0.25, 0.3) is 21.6 Å². The lowest BCUT2D eigenvalue weighted by Gasteiger charge is -2.25. The Morgan fingerprint density at radius 3 is 2.75 bits per heavy atom. The number of carbonyl (C=O) groups is 1. The number of carbonyl (C=O) groups excluding carboxylic acids is 1. The molecule has 0 fully saturated rings. The fourth-order valence-electron chi connectivity index (χ4n) is 2.93. The molecule has 0 unspecified atom stereocenters. The molecule has 0 aliphatic heterocycles. The van der Waals surface area contributed by atoms with Crippen LogP contribution in [-0.2, 0) is 16.9 Å². The normalized spacial score (nSPS) is 11.6. The summed E-state index contributed by atoms with van der Waals surface area (Å²) < 4.78 is 1.23. The predicted molar refractivity (Wildman–Crippen MR) is 109 cm³/mol. The molecule has 142 valence electrons. The molecular formula is C20H19N5O2S. The fraction of sp³-hybridized carbons (Fsp3) is 0.200. The summed E-state index contributed by atoms with van der Waals surface area (Å²) in [5, 5.41) is 9.22. The van der Waals surface area contributed by atoms with E-state index in [0.29, 0.717) is 11.5 Å². The van der Waals surface area contributed by atoms with E-state index >= 15 is 0 Å². The van der Waals surface area contributed by atoms with Gasteiger partial charge in [0.1, 0.15) is 17.1 Å². The third-order valence-electron chi connectivity index (χ3n) is 4.51. The maximum atomic E-state index is 12.9. The summed E-state index contributed by atoms with van der Waals surface area (Å²) in [6.45, 7) is 3.58. The van der Waals surface area contributed by atoms with Crippen LogP contribution >= 0.6 is 11.3 Å². The number of hydrogen-bond donors (Lipinski definition) is 2. The SMILES string of the molecule is CC(C)(C(=O)NCc1nc2ccccc2[nH]1)n1nc(-c2cccs2)ccc1=O. The monoisotopic (exact) mass is 393 g/mol. The van der Waals surface area contributed by atoms with Gasteiger partial charge in [0.15, 0.2) is 0 Å². The number of nitrogens with one attached hydrogen (secondary N) is 2. The summed E-state index contributed by atoms with van der Waals surface area (Å²) in [7, 11) is 0. The molecule has 3 heterocycles. The average molecular weight is 393 g/mol. The first-order valence-electron chi connectivity index (χ1n) is 8.82. The highest BCUT2D eigenvalue weighted by Gasteiger charge is 2.32. The number of aromatic nitrogens is 4. The van der Waals surface area contributed by atoms with Gasteiger partial charge in [0, 0.05) is 6.07 Å². The number of benzene rings is 1. The zero-order chi connectivity index (χ0) is 19.7. The minimum Gasteiger partial charge on any atom is -0.347 e. The van der Waals surface area contributed by atoms with Crippen LogP contribution in [0.4, 0.5) is 0 Å². The van der Waals surface area contributed by atoms with Gasteiger partial charge in [0.2, 0.25) is 5.91 Å². The molecule has 0 aliphatic rings. The standard InChI is InChI=1S/C20H19N5O2S/c1-20(2,25-18(26)10-9-15(24-25)16-8-5-11-28-16)19(27)21-12-17-22-13-6-3-4-7-14(13)23-17/h3-11H,12H2,1-2H3,(H,21,27)(H,22,23). The lowest BCUT2D eigenvalue weighted by atomic mass is 10.0. The molecule has 3 aromatic heterocycles. The summed E-state index contributed by atoms with van der Waals surface area (Å²) in [4.78, 5) is 33.8. The molecule has 8 heteroatoms. The maximum absolute atomic E-state index is 12.9. The number of imidazole rings is 1. The Bertz CT molecular complexity index is 1160. The van der Waals surface area contributed by atoms with Crippen LogP contribution in [0, 0.1) is 0 Å². The summed E-state index contributed by atoms with van der Waals surface area (Å²) >= 11 is 1.53. The van der Waals surface area contributed by atoms with Crippen molar-refractivity contribution in [2.24, 2.45) is 0 Å². The number of amides is 1. The van der Waals surface area contributed by atoms with Gasteiger partial charge in [-0.05, 0) is 43.5 Å². The topological polar surface area (TPSA) is 92.7 Å². The van der Waals surface area contributed by atoms with Crippen LogP contribution < -0.4 is 10.9 Å². The quantitative estimate of drug-likeness (QED) is 0.545. The average Bonchev–Trinajstić information content (AvgIpc) is 3.35. The zero-order valence-electron chi connectivity index (χ0n) is 15.5. The summed E-state index contributed by atoms with van der Waals surface area (Å²) in [5.74, 6) is 0.337. The van der Waals surface area contributed by atoms with Gasteiger partial charge < -0.3 is 10.3 Å². The predicted octanol–water partition coefficient (Wildman–Crippen LogP) is 2.90. The summed E-state index contributed by atoms with van der Waals surface area (Å²) in [6.07, 6.45) is 0. The van der Waals surface area contributed by atoms with Crippen molar-refractivity contribution in [3.8, 4) is 10.6 Å². The van der Waals surface area contributed by atoms with Crippen LogP contribution in [0.2, 0.25) is 0 Å². The molecule has 0 saturated heterocycles. The first kappa shape index (κ1) is 18.1. The number of thiophene rings is 1. The molecule has 4 rings (SSSR count). The first-order chi connectivity index (χ1) is 13.4. The van der Waals surface area contributed by atoms with Crippen molar-refractivity contribution in [3.63, 3.8) is 0 Å². The Hall–Kier alpha value is -3.26.